The largest absolute Gasteiger partial charge is 0.434 e. The van der Waals surface area contributed by atoms with Crippen LogP contribution in [-0.4, -0.2) is 15.7 Å². The minimum Gasteiger partial charge on any atom is -0.434 e. The van der Waals surface area contributed by atoms with Crippen molar-refractivity contribution in [3.63, 3.8) is 0 Å². The number of non-ortho nitro benzene ring substituents is 1. The number of rotatable bonds is 2. The Morgan fingerprint density at radius 1 is 1.53 bits per heavy atom. The molecule has 0 atom stereocenters. The molecule has 0 saturated heterocycles. The van der Waals surface area contributed by atoms with Gasteiger partial charge in [0.15, 0.2) is 5.58 Å². The lowest BCUT2D eigenvalue weighted by atomic mass is 10.3. The number of benzene rings is 1. The normalized spacial score (nSPS) is 10.5. The highest BCUT2D eigenvalue weighted by atomic mass is 16.6. The number of nitro benzene ring substituents is 1. The van der Waals surface area contributed by atoms with E-state index in [0.717, 1.165) is 0 Å². The van der Waals surface area contributed by atoms with Crippen LogP contribution < -0.4 is 0 Å². The summed E-state index contributed by atoms with van der Waals surface area (Å²) in [6, 6.07) is 4.00. The Morgan fingerprint density at radius 3 is 2.87 bits per heavy atom. The average Bonchev–Trinajstić information content (AvgIpc) is 2.59. The zero-order valence-corrected chi connectivity index (χ0v) is 7.76. The number of ketones is 1. The van der Waals surface area contributed by atoms with Crippen molar-refractivity contribution in [3.8, 4) is 0 Å². The van der Waals surface area contributed by atoms with Crippen LogP contribution in [0.4, 0.5) is 5.69 Å². The summed E-state index contributed by atoms with van der Waals surface area (Å²) >= 11 is 0. The van der Waals surface area contributed by atoms with Gasteiger partial charge in [-0.15, -0.1) is 0 Å². The molecule has 76 valence electrons. The maximum atomic E-state index is 10.9. The van der Waals surface area contributed by atoms with Gasteiger partial charge < -0.3 is 4.42 Å². The van der Waals surface area contributed by atoms with Gasteiger partial charge in [0.1, 0.15) is 5.52 Å². The first-order valence-electron chi connectivity index (χ1n) is 4.14. The van der Waals surface area contributed by atoms with Crippen molar-refractivity contribution in [2.24, 2.45) is 0 Å². The summed E-state index contributed by atoms with van der Waals surface area (Å²) in [6.07, 6.45) is 0. The number of nitrogens with zero attached hydrogens (tertiary/aromatic N) is 2. The topological polar surface area (TPSA) is 86.2 Å². The number of oxazole rings is 1. The molecule has 1 heterocycles. The van der Waals surface area contributed by atoms with Crippen molar-refractivity contribution < 1.29 is 14.1 Å². The number of Topliss-reactive ketones (excluding diaryl/α,β-unsaturated/α-hetero) is 1. The van der Waals surface area contributed by atoms with Crippen molar-refractivity contribution in [3.05, 3.63) is 34.2 Å². The molecular weight excluding hydrogens is 200 g/mol. The van der Waals surface area contributed by atoms with Crippen LogP contribution in [0.3, 0.4) is 0 Å². The van der Waals surface area contributed by atoms with Crippen LogP contribution in [0.15, 0.2) is 22.6 Å². The van der Waals surface area contributed by atoms with Crippen LogP contribution in [0.2, 0.25) is 0 Å². The lowest BCUT2D eigenvalue weighted by Gasteiger charge is -1.88. The Kier molecular flexibility index (Phi) is 1.96. The SMILES string of the molecule is CC(=O)c1nc2cc([N+](=O)[O-])ccc2o1. The molecule has 1 aromatic heterocycles. The van der Waals surface area contributed by atoms with E-state index in [1.165, 1.54) is 25.1 Å². The smallest absolute Gasteiger partial charge is 0.271 e. The standard InChI is InChI=1S/C9H6N2O4/c1-5(12)9-10-7-4-6(11(13)14)2-3-8(7)15-9/h2-4H,1H3. The van der Waals surface area contributed by atoms with Crippen LogP contribution in [0.1, 0.15) is 17.6 Å². The molecule has 15 heavy (non-hydrogen) atoms. The number of carbonyl (C=O) groups excluding carboxylic acids is 1. The van der Waals surface area contributed by atoms with E-state index in [4.69, 9.17) is 4.42 Å². The summed E-state index contributed by atoms with van der Waals surface area (Å²) in [4.78, 5) is 24.7. The number of carbonyl (C=O) groups is 1. The molecular formula is C9H6N2O4. The fourth-order valence-corrected chi connectivity index (χ4v) is 1.18. The minimum atomic E-state index is -0.526. The Bertz CT molecular complexity index is 546. The third kappa shape index (κ3) is 1.56. The van der Waals surface area contributed by atoms with Crippen LogP contribution in [0.5, 0.6) is 0 Å². The second-order valence-corrected chi connectivity index (χ2v) is 2.98. The Balaban J connectivity index is 2.62. The van der Waals surface area contributed by atoms with E-state index in [-0.39, 0.29) is 17.4 Å². The van der Waals surface area contributed by atoms with Crippen molar-refractivity contribution >= 4 is 22.6 Å². The van der Waals surface area contributed by atoms with Gasteiger partial charge in [-0.2, -0.15) is 0 Å². The summed E-state index contributed by atoms with van der Waals surface area (Å²) in [5.41, 5.74) is 0.603. The number of fused-ring (bicyclic) bond motifs is 1. The zero-order valence-electron chi connectivity index (χ0n) is 7.76. The van der Waals surface area contributed by atoms with E-state index in [1.807, 2.05) is 0 Å². The number of nitro groups is 1. The summed E-state index contributed by atoms with van der Waals surface area (Å²) in [5.74, 6) is -0.348. The second-order valence-electron chi connectivity index (χ2n) is 2.98. The Labute approximate surface area is 83.7 Å². The Morgan fingerprint density at radius 2 is 2.27 bits per heavy atom. The predicted octanol–water partition coefficient (Wildman–Crippen LogP) is 1.94. The molecule has 2 rings (SSSR count). The van der Waals surface area contributed by atoms with Gasteiger partial charge >= 0.3 is 0 Å². The molecule has 6 heteroatoms. The molecule has 0 amide bonds. The average molecular weight is 206 g/mol. The first kappa shape index (κ1) is 9.32. The number of hydrogen-bond donors (Lipinski definition) is 0. The molecule has 0 saturated carbocycles. The first-order valence-corrected chi connectivity index (χ1v) is 4.14. The highest BCUT2D eigenvalue weighted by molar-refractivity contribution is 5.92. The van der Waals surface area contributed by atoms with E-state index in [1.54, 1.807) is 0 Å². The van der Waals surface area contributed by atoms with E-state index in [0.29, 0.717) is 11.1 Å². The zero-order chi connectivity index (χ0) is 11.0. The second kappa shape index (κ2) is 3.16. The van der Waals surface area contributed by atoms with Gasteiger partial charge in [-0.05, 0) is 6.07 Å². The van der Waals surface area contributed by atoms with Crippen molar-refractivity contribution in [2.75, 3.05) is 0 Å². The van der Waals surface area contributed by atoms with Crippen molar-refractivity contribution in [1.29, 1.82) is 0 Å². The van der Waals surface area contributed by atoms with E-state index in [2.05, 4.69) is 4.98 Å². The summed E-state index contributed by atoms with van der Waals surface area (Å²) in [7, 11) is 0. The molecule has 6 nitrogen and oxygen atoms in total. The van der Waals surface area contributed by atoms with E-state index < -0.39 is 4.92 Å². The molecule has 0 fully saturated rings. The fourth-order valence-electron chi connectivity index (χ4n) is 1.18. The quantitative estimate of drug-likeness (QED) is 0.425. The molecule has 0 aliphatic carbocycles. The first-order chi connectivity index (χ1) is 7.08. The number of aromatic nitrogens is 1. The summed E-state index contributed by atoms with van der Waals surface area (Å²) < 4.78 is 5.08. The third-order valence-corrected chi connectivity index (χ3v) is 1.88. The molecule has 0 bridgehead atoms. The molecule has 0 aliphatic rings. The molecule has 1 aromatic carbocycles. The van der Waals surface area contributed by atoms with E-state index >= 15 is 0 Å². The molecule has 0 aliphatic heterocycles. The predicted molar refractivity (Wildman–Crippen MR) is 50.7 cm³/mol. The molecule has 0 spiro atoms. The van der Waals surface area contributed by atoms with Crippen LogP contribution in [0.25, 0.3) is 11.1 Å². The fraction of sp³-hybridized carbons (Fsp3) is 0.111. The van der Waals surface area contributed by atoms with Gasteiger partial charge in [-0.25, -0.2) is 4.98 Å². The lowest BCUT2D eigenvalue weighted by Crippen LogP contribution is -1.90. The van der Waals surface area contributed by atoms with Gasteiger partial charge in [-0.3, -0.25) is 14.9 Å². The van der Waals surface area contributed by atoms with Crippen LogP contribution in [-0.2, 0) is 0 Å². The minimum absolute atomic E-state index is 0.0366. The molecule has 0 N–H and O–H groups in total. The van der Waals surface area contributed by atoms with Crippen molar-refractivity contribution in [2.45, 2.75) is 6.92 Å². The van der Waals surface area contributed by atoms with Crippen LogP contribution in [0, 0.1) is 10.1 Å². The third-order valence-electron chi connectivity index (χ3n) is 1.88. The maximum Gasteiger partial charge on any atom is 0.271 e. The van der Waals surface area contributed by atoms with Gasteiger partial charge in [0.05, 0.1) is 4.92 Å². The lowest BCUT2D eigenvalue weighted by molar-refractivity contribution is -0.384. The van der Waals surface area contributed by atoms with Crippen LogP contribution >= 0.6 is 0 Å². The Hall–Kier alpha value is -2.24. The van der Waals surface area contributed by atoms with E-state index in [9.17, 15) is 14.9 Å². The summed E-state index contributed by atoms with van der Waals surface area (Å²) in [6.45, 7) is 1.32. The highest BCUT2D eigenvalue weighted by Crippen LogP contribution is 2.21. The van der Waals surface area contributed by atoms with Gasteiger partial charge in [-0.1, -0.05) is 0 Å². The van der Waals surface area contributed by atoms with Gasteiger partial charge in [0, 0.05) is 19.1 Å². The molecule has 2 aromatic rings. The molecule has 0 radical (unpaired) electrons. The van der Waals surface area contributed by atoms with Crippen molar-refractivity contribution in [1.82, 2.24) is 4.98 Å². The monoisotopic (exact) mass is 206 g/mol. The van der Waals surface area contributed by atoms with Gasteiger partial charge in [0.2, 0.25) is 5.78 Å². The van der Waals surface area contributed by atoms with Gasteiger partial charge in [0.25, 0.3) is 11.6 Å². The molecule has 0 unspecified atom stereocenters. The summed E-state index contributed by atoms with van der Waals surface area (Å²) in [5, 5.41) is 10.5. The highest BCUT2D eigenvalue weighted by Gasteiger charge is 2.13. The number of hydrogen-bond acceptors (Lipinski definition) is 5. The maximum absolute atomic E-state index is 10.9.